The van der Waals surface area contributed by atoms with Crippen molar-refractivity contribution in [3.63, 3.8) is 0 Å². The Labute approximate surface area is 258 Å². The molecular formula is C21H35Na3O6S. The minimum absolute atomic E-state index is 0. The van der Waals surface area contributed by atoms with Crippen LogP contribution in [0, 0.1) is 11.8 Å². The van der Waals surface area contributed by atoms with Crippen molar-refractivity contribution in [3.05, 3.63) is 0 Å². The van der Waals surface area contributed by atoms with Crippen LogP contribution in [0.15, 0.2) is 0 Å². The zero-order chi connectivity index (χ0) is 21.2. The van der Waals surface area contributed by atoms with Crippen LogP contribution in [0.5, 0.6) is 0 Å². The molecule has 0 aromatic heterocycles. The first kappa shape index (κ1) is 40.0. The molecule has 0 bridgehead atoms. The van der Waals surface area contributed by atoms with Crippen LogP contribution in [0.3, 0.4) is 0 Å². The van der Waals surface area contributed by atoms with Gasteiger partial charge in [-0.2, -0.15) is 11.8 Å². The Morgan fingerprint density at radius 2 is 1.03 bits per heavy atom. The first-order chi connectivity index (χ1) is 13.4. The van der Waals surface area contributed by atoms with Crippen LogP contribution < -0.4 is 104 Å². The maximum atomic E-state index is 11.2. The summed E-state index contributed by atoms with van der Waals surface area (Å²) in [5, 5.41) is 32.8. The van der Waals surface area contributed by atoms with Crippen molar-refractivity contribution >= 4 is 29.7 Å². The molecule has 0 aliphatic carbocycles. The summed E-state index contributed by atoms with van der Waals surface area (Å²) in [7, 11) is 0. The fraction of sp³-hybridized carbons (Fsp3) is 0.857. The van der Waals surface area contributed by atoms with Crippen molar-refractivity contribution < 1.29 is 118 Å². The Morgan fingerprint density at radius 3 is 1.39 bits per heavy atom. The number of carboxylic acids is 3. The maximum Gasteiger partial charge on any atom is 1.00 e. The summed E-state index contributed by atoms with van der Waals surface area (Å²) < 4.78 is 0. The number of hydrogen-bond donors (Lipinski definition) is 0. The summed E-state index contributed by atoms with van der Waals surface area (Å²) in [6.45, 7) is 2.22. The van der Waals surface area contributed by atoms with E-state index in [2.05, 4.69) is 6.92 Å². The molecule has 2 unspecified atom stereocenters. The van der Waals surface area contributed by atoms with Crippen molar-refractivity contribution in [3.8, 4) is 0 Å². The maximum absolute atomic E-state index is 11.2. The largest absolute Gasteiger partial charge is 1.00 e. The molecule has 0 saturated carbocycles. The van der Waals surface area contributed by atoms with E-state index in [9.17, 15) is 29.7 Å². The molecule has 0 amide bonds. The standard InChI is InChI=1S/C21H38O6S.3Na/c1-2-3-4-5-6-7-8-9-10-11-12-13-14-28-16-18(21(26)27)17(20(24)25)15-19(22)23;;;/h17-18H,2-16H2,1H3,(H,22,23)(H,24,25)(H,26,27);;;/q;3*+1/p-3. The molecule has 6 nitrogen and oxygen atoms in total. The summed E-state index contributed by atoms with van der Waals surface area (Å²) in [6, 6.07) is 0. The second kappa shape index (κ2) is 28.0. The Balaban J connectivity index is -0.00000121. The number of rotatable bonds is 20. The summed E-state index contributed by atoms with van der Waals surface area (Å²) in [6.07, 6.45) is 14.0. The van der Waals surface area contributed by atoms with Crippen LogP contribution in [0.4, 0.5) is 0 Å². The quantitative estimate of drug-likeness (QED) is 0.124. The zero-order valence-electron chi connectivity index (χ0n) is 20.1. The van der Waals surface area contributed by atoms with E-state index in [4.69, 9.17) is 0 Å². The Morgan fingerprint density at radius 1 is 0.645 bits per heavy atom. The molecule has 2 atom stereocenters. The third kappa shape index (κ3) is 24.7. The number of aliphatic carboxylic acids is 3. The number of unbranched alkanes of at least 4 members (excludes halogenated alkanes) is 11. The molecule has 0 aliphatic rings. The van der Waals surface area contributed by atoms with Gasteiger partial charge in [-0.1, -0.05) is 77.6 Å². The molecule has 31 heavy (non-hydrogen) atoms. The van der Waals surface area contributed by atoms with Crippen molar-refractivity contribution in [2.45, 2.75) is 90.4 Å². The number of thioether (sulfide) groups is 1. The van der Waals surface area contributed by atoms with E-state index >= 15 is 0 Å². The van der Waals surface area contributed by atoms with Crippen LogP contribution in [0.2, 0.25) is 0 Å². The monoisotopic (exact) mass is 484 g/mol. The normalized spacial score (nSPS) is 11.9. The van der Waals surface area contributed by atoms with Gasteiger partial charge in [-0.25, -0.2) is 0 Å². The Kier molecular flexibility index (Phi) is 36.1. The number of carbonyl (C=O) groups excluding carboxylic acids is 3. The zero-order valence-corrected chi connectivity index (χ0v) is 26.9. The first-order valence-electron chi connectivity index (χ1n) is 10.6. The van der Waals surface area contributed by atoms with E-state index in [0.717, 1.165) is 19.3 Å². The van der Waals surface area contributed by atoms with Crippen LogP contribution >= 0.6 is 11.8 Å². The fourth-order valence-corrected chi connectivity index (χ4v) is 4.37. The van der Waals surface area contributed by atoms with Gasteiger partial charge in [0.2, 0.25) is 0 Å². The van der Waals surface area contributed by atoms with Crippen molar-refractivity contribution in [2.24, 2.45) is 11.8 Å². The van der Waals surface area contributed by atoms with E-state index in [1.807, 2.05) is 0 Å². The molecule has 0 heterocycles. The SMILES string of the molecule is CCCCCCCCCCCCCCSCC(C(=O)[O-])C(CC(=O)[O-])C(=O)[O-].[Na+].[Na+].[Na+]. The second-order valence-electron chi connectivity index (χ2n) is 7.39. The molecule has 0 rings (SSSR count). The van der Waals surface area contributed by atoms with E-state index in [1.165, 1.54) is 69.5 Å². The molecular weight excluding hydrogens is 449 g/mol. The van der Waals surface area contributed by atoms with Gasteiger partial charge in [0.1, 0.15) is 0 Å². The van der Waals surface area contributed by atoms with Crippen LogP contribution in [-0.4, -0.2) is 29.4 Å². The smallest absolute Gasteiger partial charge is 0.550 e. The van der Waals surface area contributed by atoms with E-state index in [-0.39, 0.29) is 94.4 Å². The van der Waals surface area contributed by atoms with Gasteiger partial charge in [-0.15, -0.1) is 0 Å². The minimum Gasteiger partial charge on any atom is -0.550 e. The van der Waals surface area contributed by atoms with Gasteiger partial charge in [-0.3, -0.25) is 0 Å². The average molecular weight is 485 g/mol. The Bertz CT molecular complexity index is 455. The van der Waals surface area contributed by atoms with Crippen LogP contribution in [0.25, 0.3) is 0 Å². The molecule has 0 aliphatic heterocycles. The van der Waals surface area contributed by atoms with Crippen LogP contribution in [-0.2, 0) is 14.4 Å². The minimum atomic E-state index is -1.69. The summed E-state index contributed by atoms with van der Waals surface area (Å²) in [5.41, 5.74) is 0. The van der Waals surface area contributed by atoms with Gasteiger partial charge in [0.05, 0.1) is 0 Å². The molecule has 0 aromatic rings. The summed E-state index contributed by atoms with van der Waals surface area (Å²) >= 11 is 1.32. The molecule has 0 radical (unpaired) electrons. The van der Waals surface area contributed by atoms with E-state index < -0.39 is 36.2 Å². The average Bonchev–Trinajstić information content (AvgIpc) is 2.63. The van der Waals surface area contributed by atoms with Gasteiger partial charge in [0, 0.05) is 35.5 Å². The third-order valence-electron chi connectivity index (χ3n) is 4.92. The molecule has 164 valence electrons. The van der Waals surface area contributed by atoms with Gasteiger partial charge < -0.3 is 29.7 Å². The molecule has 0 spiro atoms. The van der Waals surface area contributed by atoms with Crippen molar-refractivity contribution in [2.75, 3.05) is 11.5 Å². The summed E-state index contributed by atoms with van der Waals surface area (Å²) in [4.78, 5) is 32.8. The second-order valence-corrected chi connectivity index (χ2v) is 8.54. The molecule has 0 N–H and O–H groups in total. The fourth-order valence-electron chi connectivity index (χ4n) is 3.17. The number of carbonyl (C=O) groups is 3. The van der Waals surface area contributed by atoms with Crippen molar-refractivity contribution in [1.82, 2.24) is 0 Å². The molecule has 0 saturated heterocycles. The molecule has 0 fully saturated rings. The summed E-state index contributed by atoms with van der Waals surface area (Å²) in [5.74, 6) is -7.14. The first-order valence-corrected chi connectivity index (χ1v) is 11.7. The van der Waals surface area contributed by atoms with E-state index in [0.29, 0.717) is 5.75 Å². The predicted octanol–water partition coefficient (Wildman–Crippen LogP) is -7.70. The van der Waals surface area contributed by atoms with Gasteiger partial charge in [0.25, 0.3) is 0 Å². The van der Waals surface area contributed by atoms with E-state index in [1.54, 1.807) is 0 Å². The topological polar surface area (TPSA) is 120 Å². The van der Waals surface area contributed by atoms with Crippen molar-refractivity contribution in [1.29, 1.82) is 0 Å². The predicted molar refractivity (Wildman–Crippen MR) is 105 cm³/mol. The van der Waals surface area contributed by atoms with Gasteiger partial charge in [0.15, 0.2) is 0 Å². The van der Waals surface area contributed by atoms with Crippen LogP contribution in [0.1, 0.15) is 90.4 Å². The number of hydrogen-bond acceptors (Lipinski definition) is 7. The molecule has 0 aromatic carbocycles. The number of carboxylic acid groups (broad SMARTS) is 3. The molecule has 10 heteroatoms. The van der Waals surface area contributed by atoms with Gasteiger partial charge >= 0.3 is 88.7 Å². The Hall–Kier alpha value is 1.76. The van der Waals surface area contributed by atoms with Gasteiger partial charge in [-0.05, 0) is 18.6 Å². The third-order valence-corrected chi connectivity index (χ3v) is 6.09.